The molecule has 6 rings (SSSR count). The minimum absolute atomic E-state index is 0.234. The molecular weight excluding hydrogens is 638 g/mol. The van der Waals surface area contributed by atoms with Gasteiger partial charge in [0.1, 0.15) is 0 Å². The second-order valence-electron chi connectivity index (χ2n) is 11.4. The molecule has 0 unspecified atom stereocenters. The largest absolute Gasteiger partial charge is 0.491 e. The van der Waals surface area contributed by atoms with Gasteiger partial charge in [-0.15, -0.1) is 21.5 Å². The van der Waals surface area contributed by atoms with Gasteiger partial charge in [-0.25, -0.2) is 19.2 Å². The van der Waals surface area contributed by atoms with Gasteiger partial charge < -0.3 is 25.0 Å². The Morgan fingerprint density at radius 2 is 1.94 bits per heavy atom. The number of nitrogens with zero attached hydrogens (tertiary/aromatic N) is 5. The molecule has 0 fully saturated rings. The maximum Gasteiger partial charge on any atom is 0.357 e. The predicted molar refractivity (Wildman–Crippen MR) is 186 cm³/mol. The van der Waals surface area contributed by atoms with E-state index in [9.17, 15) is 9.18 Å². The summed E-state index contributed by atoms with van der Waals surface area (Å²) in [5, 5.41) is 17.1. The van der Waals surface area contributed by atoms with Gasteiger partial charge in [-0.2, -0.15) is 0 Å². The Labute approximate surface area is 281 Å². The third-order valence-electron chi connectivity index (χ3n) is 8.15. The number of anilines is 4. The second kappa shape index (κ2) is 15.1. The summed E-state index contributed by atoms with van der Waals surface area (Å²) >= 11 is 3.01. The summed E-state index contributed by atoms with van der Waals surface area (Å²) < 4.78 is 26.6. The number of thiazole rings is 2. The first kappa shape index (κ1) is 32.7. The predicted octanol–water partition coefficient (Wildman–Crippen LogP) is 7.16. The van der Waals surface area contributed by atoms with Crippen LogP contribution in [0.15, 0.2) is 42.5 Å². The van der Waals surface area contributed by atoms with Gasteiger partial charge in [-0.05, 0) is 95.3 Å². The lowest BCUT2D eigenvalue weighted by molar-refractivity contribution is 0.0593. The fourth-order valence-electron chi connectivity index (χ4n) is 5.65. The Morgan fingerprint density at radius 1 is 1.06 bits per heavy atom. The van der Waals surface area contributed by atoms with E-state index in [1.54, 1.807) is 23.5 Å². The number of halogens is 1. The molecule has 3 aromatic heterocycles. The van der Waals surface area contributed by atoms with E-state index in [4.69, 9.17) is 14.5 Å². The molecule has 0 spiro atoms. The number of benzene rings is 2. The average molecular weight is 676 g/mol. The molecule has 0 atom stereocenters. The number of para-hydroxylation sites is 1. The first-order valence-corrected chi connectivity index (χ1v) is 17.5. The number of nitrogens with one attached hydrogen (secondary N) is 2. The van der Waals surface area contributed by atoms with Gasteiger partial charge in [-0.1, -0.05) is 29.5 Å². The number of aryl methyl sites for hydroxylation is 2. The Balaban J connectivity index is 1.13. The average Bonchev–Trinajstić information content (AvgIpc) is 3.70. The van der Waals surface area contributed by atoms with Crippen LogP contribution in [0, 0.1) is 12.7 Å². The zero-order valence-corrected chi connectivity index (χ0v) is 28.4. The van der Waals surface area contributed by atoms with Crippen LogP contribution in [0.1, 0.15) is 57.7 Å². The highest BCUT2D eigenvalue weighted by Gasteiger charge is 2.28. The quantitative estimate of drug-likeness (QED) is 0.0929. The van der Waals surface area contributed by atoms with E-state index in [0.717, 1.165) is 81.4 Å². The number of ether oxygens (including phenoxy) is 2. The molecule has 5 aromatic rings. The molecule has 47 heavy (non-hydrogen) atoms. The number of aromatic nitrogens is 4. The first-order valence-electron chi connectivity index (χ1n) is 15.8. The smallest absolute Gasteiger partial charge is 0.357 e. The van der Waals surface area contributed by atoms with Crippen LogP contribution in [0.2, 0.25) is 0 Å². The number of fused-ring (bicyclic) bond motifs is 2. The number of methoxy groups -OCH3 is 1. The molecule has 0 saturated carbocycles. The molecule has 13 heteroatoms. The van der Waals surface area contributed by atoms with Gasteiger partial charge in [-0.3, -0.25) is 0 Å². The summed E-state index contributed by atoms with van der Waals surface area (Å²) in [7, 11) is 3.28. The Morgan fingerprint density at radius 3 is 2.74 bits per heavy atom. The van der Waals surface area contributed by atoms with Crippen molar-refractivity contribution >= 4 is 60.8 Å². The van der Waals surface area contributed by atoms with Crippen LogP contribution < -0.4 is 20.3 Å². The van der Waals surface area contributed by atoms with Crippen LogP contribution >= 0.6 is 22.7 Å². The van der Waals surface area contributed by atoms with Gasteiger partial charge in [0.25, 0.3) is 0 Å². The molecule has 1 aliphatic heterocycles. The minimum Gasteiger partial charge on any atom is -0.491 e. The third-order valence-corrected chi connectivity index (χ3v) is 10.2. The van der Waals surface area contributed by atoms with Crippen LogP contribution in [-0.4, -0.2) is 60.0 Å². The molecule has 0 saturated heterocycles. The van der Waals surface area contributed by atoms with Crippen LogP contribution in [0.3, 0.4) is 0 Å². The monoisotopic (exact) mass is 675 g/mol. The molecule has 0 amide bonds. The molecule has 10 nitrogen and oxygen atoms in total. The van der Waals surface area contributed by atoms with Crippen molar-refractivity contribution in [1.29, 1.82) is 0 Å². The summed E-state index contributed by atoms with van der Waals surface area (Å²) in [4.78, 5) is 25.0. The summed E-state index contributed by atoms with van der Waals surface area (Å²) in [5.74, 6) is 0.803. The van der Waals surface area contributed by atoms with E-state index in [2.05, 4.69) is 25.8 Å². The Bertz CT molecular complexity index is 1830. The number of carbonyl (C=O) groups is 1. The van der Waals surface area contributed by atoms with Crippen molar-refractivity contribution in [2.75, 3.05) is 44.1 Å². The van der Waals surface area contributed by atoms with Crippen LogP contribution in [0.25, 0.3) is 10.2 Å². The lowest BCUT2D eigenvalue weighted by atomic mass is 10.0. The van der Waals surface area contributed by atoms with Gasteiger partial charge >= 0.3 is 5.97 Å². The molecular formula is C34H38FN7O3S2. The fourth-order valence-corrected chi connectivity index (χ4v) is 7.64. The van der Waals surface area contributed by atoms with Crippen molar-refractivity contribution in [2.24, 2.45) is 0 Å². The number of rotatable bonds is 14. The first-order chi connectivity index (χ1) is 22.9. The number of esters is 1. The number of carbonyl (C=O) groups excluding carboxylic acids is 1. The Kier molecular flexibility index (Phi) is 10.5. The van der Waals surface area contributed by atoms with Crippen molar-refractivity contribution in [3.63, 3.8) is 0 Å². The summed E-state index contributed by atoms with van der Waals surface area (Å²) in [6.07, 6.45) is 5.74. The van der Waals surface area contributed by atoms with Gasteiger partial charge in [0.15, 0.2) is 39.2 Å². The SMILES string of the molecule is CNCCCCc1ccc(OCCCc2sc(N3CCCc4c3nnc(Nc3nc5ccccc5s3)c4C)nc2C(=O)OC)c(F)c1. The lowest BCUT2D eigenvalue weighted by Crippen LogP contribution is -2.27. The Hall–Kier alpha value is -4.20. The summed E-state index contributed by atoms with van der Waals surface area (Å²) in [6.45, 7) is 4.00. The summed E-state index contributed by atoms with van der Waals surface area (Å²) in [5.41, 5.74) is 4.29. The third kappa shape index (κ3) is 7.53. The maximum absolute atomic E-state index is 14.7. The van der Waals surface area contributed by atoms with E-state index in [1.807, 2.05) is 49.2 Å². The topological polar surface area (TPSA) is 114 Å². The van der Waals surface area contributed by atoms with E-state index in [1.165, 1.54) is 18.4 Å². The van der Waals surface area contributed by atoms with E-state index in [-0.39, 0.29) is 17.3 Å². The number of unbranched alkanes of at least 4 members (excludes halogenated alkanes) is 1. The molecule has 1 aliphatic rings. The normalized spacial score (nSPS) is 12.7. The molecule has 0 bridgehead atoms. The van der Waals surface area contributed by atoms with Crippen molar-refractivity contribution in [1.82, 2.24) is 25.5 Å². The van der Waals surface area contributed by atoms with Gasteiger partial charge in [0.2, 0.25) is 0 Å². The zero-order valence-electron chi connectivity index (χ0n) is 26.8. The van der Waals surface area contributed by atoms with Crippen molar-refractivity contribution < 1.29 is 18.7 Å². The van der Waals surface area contributed by atoms with Crippen molar-refractivity contribution in [3.05, 3.63) is 75.5 Å². The fraction of sp³-hybridized carbons (Fsp3) is 0.382. The number of hydrogen-bond acceptors (Lipinski definition) is 12. The highest BCUT2D eigenvalue weighted by Crippen LogP contribution is 2.39. The van der Waals surface area contributed by atoms with Crippen LogP contribution in [-0.2, 0) is 24.0 Å². The minimum atomic E-state index is -0.491. The zero-order chi connectivity index (χ0) is 32.8. The molecule has 4 heterocycles. The second-order valence-corrected chi connectivity index (χ2v) is 13.5. The van der Waals surface area contributed by atoms with E-state index < -0.39 is 5.97 Å². The molecule has 2 aromatic carbocycles. The number of hydrogen-bond donors (Lipinski definition) is 2. The molecule has 0 radical (unpaired) electrons. The van der Waals surface area contributed by atoms with Crippen LogP contribution in [0.4, 0.5) is 26.3 Å². The maximum atomic E-state index is 14.7. The van der Waals surface area contributed by atoms with Crippen LogP contribution in [0.5, 0.6) is 5.75 Å². The molecule has 0 aliphatic carbocycles. The molecule has 2 N–H and O–H groups in total. The van der Waals surface area contributed by atoms with Gasteiger partial charge in [0, 0.05) is 22.5 Å². The van der Waals surface area contributed by atoms with Gasteiger partial charge in [0.05, 0.1) is 23.9 Å². The highest BCUT2D eigenvalue weighted by atomic mass is 32.1. The van der Waals surface area contributed by atoms with Crippen molar-refractivity contribution in [3.8, 4) is 5.75 Å². The molecule has 246 valence electrons. The lowest BCUT2D eigenvalue weighted by Gasteiger charge is -2.28. The van der Waals surface area contributed by atoms with Crippen molar-refractivity contribution in [2.45, 2.75) is 51.9 Å². The summed E-state index contributed by atoms with van der Waals surface area (Å²) in [6, 6.07) is 13.2. The van der Waals surface area contributed by atoms with E-state index >= 15 is 0 Å². The highest BCUT2D eigenvalue weighted by molar-refractivity contribution is 7.22. The van der Waals surface area contributed by atoms with E-state index in [0.29, 0.717) is 36.9 Å². The standard InChI is InChI=1S/C34H38FN7O3S2/c1-21-23-11-8-18-42(31(23)41-40-30(21)39-33-37-25-12-4-5-13-27(25)46-33)34-38-29(32(43)44-3)28(47-34)14-9-19-45-26-16-15-22(20-24(26)35)10-6-7-17-36-2/h4-5,12-13,15-16,20,36H,6-11,14,17-19H2,1-3H3,(H,37,39,40).